The van der Waals surface area contributed by atoms with Crippen LogP contribution in [0.1, 0.15) is 47.5 Å². The van der Waals surface area contributed by atoms with Gasteiger partial charge in [0.25, 0.3) is 0 Å². The number of esters is 1. The molecule has 17 heavy (non-hydrogen) atoms. The number of rotatable bonds is 3. The molecule has 1 aliphatic heterocycles. The topological polar surface area (TPSA) is 35.5 Å². The summed E-state index contributed by atoms with van der Waals surface area (Å²) in [5.41, 5.74) is 0.0779. The van der Waals surface area contributed by atoms with E-state index in [1.807, 2.05) is 0 Å². The van der Waals surface area contributed by atoms with E-state index >= 15 is 0 Å². The normalized spacial score (nSPS) is 31.3. The summed E-state index contributed by atoms with van der Waals surface area (Å²) in [5, 5.41) is 0. The van der Waals surface area contributed by atoms with E-state index in [1.54, 1.807) is 0 Å². The Balaban J connectivity index is 2.83. The maximum Gasteiger partial charge on any atom is 0.311 e. The van der Waals surface area contributed by atoms with Crippen LogP contribution in [0.15, 0.2) is 0 Å². The van der Waals surface area contributed by atoms with Gasteiger partial charge >= 0.3 is 5.97 Å². The number of hydrogen-bond donors (Lipinski definition) is 0. The SMILES string of the molecule is CCC(C)C1O[C@@H](C(C)(C)C)CC1C(=O)OC. The summed E-state index contributed by atoms with van der Waals surface area (Å²) in [6.45, 7) is 10.7. The van der Waals surface area contributed by atoms with Gasteiger partial charge in [-0.25, -0.2) is 0 Å². The van der Waals surface area contributed by atoms with Crippen molar-refractivity contribution in [3.05, 3.63) is 0 Å². The smallest absolute Gasteiger partial charge is 0.311 e. The predicted molar refractivity (Wildman–Crippen MR) is 67.7 cm³/mol. The lowest BCUT2D eigenvalue weighted by molar-refractivity contribution is -0.148. The van der Waals surface area contributed by atoms with Gasteiger partial charge in [-0.2, -0.15) is 0 Å². The largest absolute Gasteiger partial charge is 0.469 e. The molecule has 0 radical (unpaired) electrons. The summed E-state index contributed by atoms with van der Waals surface area (Å²) in [5.74, 6) is 0.174. The van der Waals surface area contributed by atoms with Crippen molar-refractivity contribution < 1.29 is 14.3 Å². The highest BCUT2D eigenvalue weighted by atomic mass is 16.5. The Hall–Kier alpha value is -0.570. The van der Waals surface area contributed by atoms with Crippen LogP contribution in [0.5, 0.6) is 0 Å². The highest BCUT2D eigenvalue weighted by molar-refractivity contribution is 5.73. The van der Waals surface area contributed by atoms with Crippen molar-refractivity contribution in [2.75, 3.05) is 7.11 Å². The highest BCUT2D eigenvalue weighted by Crippen LogP contribution is 2.40. The van der Waals surface area contributed by atoms with Crippen LogP contribution in [-0.2, 0) is 14.3 Å². The number of methoxy groups -OCH3 is 1. The van der Waals surface area contributed by atoms with Crippen LogP contribution >= 0.6 is 0 Å². The van der Waals surface area contributed by atoms with E-state index in [9.17, 15) is 4.79 Å². The third-order valence-corrected chi connectivity index (χ3v) is 3.86. The predicted octanol–water partition coefficient (Wildman–Crippen LogP) is 3.03. The second kappa shape index (κ2) is 5.38. The van der Waals surface area contributed by atoms with Crippen LogP contribution in [0.3, 0.4) is 0 Å². The average Bonchev–Trinajstić information content (AvgIpc) is 2.71. The zero-order chi connectivity index (χ0) is 13.2. The minimum Gasteiger partial charge on any atom is -0.469 e. The summed E-state index contributed by atoms with van der Waals surface area (Å²) in [7, 11) is 1.46. The van der Waals surface area contributed by atoms with Gasteiger partial charge in [0.2, 0.25) is 0 Å². The van der Waals surface area contributed by atoms with Crippen LogP contribution < -0.4 is 0 Å². The zero-order valence-electron chi connectivity index (χ0n) is 11.9. The Bertz CT molecular complexity index is 267. The van der Waals surface area contributed by atoms with Gasteiger partial charge in [0.1, 0.15) is 0 Å². The Morgan fingerprint density at radius 2 is 2.06 bits per heavy atom. The molecule has 1 heterocycles. The van der Waals surface area contributed by atoms with Gasteiger partial charge in [-0.15, -0.1) is 0 Å². The molecule has 100 valence electrons. The summed E-state index contributed by atoms with van der Waals surface area (Å²) >= 11 is 0. The van der Waals surface area contributed by atoms with E-state index in [4.69, 9.17) is 9.47 Å². The van der Waals surface area contributed by atoms with Crippen molar-refractivity contribution in [1.29, 1.82) is 0 Å². The van der Waals surface area contributed by atoms with E-state index in [1.165, 1.54) is 7.11 Å². The molecule has 0 bridgehead atoms. The average molecular weight is 242 g/mol. The molecule has 3 unspecified atom stereocenters. The van der Waals surface area contributed by atoms with Gasteiger partial charge < -0.3 is 9.47 Å². The molecule has 0 N–H and O–H groups in total. The molecule has 0 saturated carbocycles. The first-order valence-corrected chi connectivity index (χ1v) is 6.54. The summed E-state index contributed by atoms with van der Waals surface area (Å²) < 4.78 is 11.0. The van der Waals surface area contributed by atoms with Crippen molar-refractivity contribution in [3.63, 3.8) is 0 Å². The molecule has 4 atom stereocenters. The molecule has 0 aromatic rings. The first-order valence-electron chi connectivity index (χ1n) is 6.54. The monoisotopic (exact) mass is 242 g/mol. The third-order valence-electron chi connectivity index (χ3n) is 3.86. The molecule has 0 aromatic heterocycles. The van der Waals surface area contributed by atoms with E-state index < -0.39 is 0 Å². The highest BCUT2D eigenvalue weighted by Gasteiger charge is 2.46. The van der Waals surface area contributed by atoms with Gasteiger partial charge in [-0.1, -0.05) is 41.0 Å². The molecule has 0 aromatic carbocycles. The molecule has 1 saturated heterocycles. The fraction of sp³-hybridized carbons (Fsp3) is 0.929. The Kier molecular flexibility index (Phi) is 4.59. The second-order valence-corrected chi connectivity index (χ2v) is 6.21. The second-order valence-electron chi connectivity index (χ2n) is 6.21. The van der Waals surface area contributed by atoms with Gasteiger partial charge in [0.05, 0.1) is 25.2 Å². The fourth-order valence-electron chi connectivity index (χ4n) is 2.41. The van der Waals surface area contributed by atoms with Gasteiger partial charge in [0.15, 0.2) is 0 Å². The van der Waals surface area contributed by atoms with Crippen LogP contribution in [-0.4, -0.2) is 25.3 Å². The molecule has 1 fully saturated rings. The molecule has 0 aliphatic carbocycles. The Morgan fingerprint density at radius 3 is 2.47 bits per heavy atom. The van der Waals surface area contributed by atoms with Crippen molar-refractivity contribution in [2.45, 2.75) is 59.7 Å². The number of ether oxygens (including phenoxy) is 2. The number of hydrogen-bond acceptors (Lipinski definition) is 3. The Labute approximate surface area is 105 Å². The lowest BCUT2D eigenvalue weighted by Gasteiger charge is -2.28. The van der Waals surface area contributed by atoms with Crippen molar-refractivity contribution in [3.8, 4) is 0 Å². The fourth-order valence-corrected chi connectivity index (χ4v) is 2.41. The molecule has 0 amide bonds. The minimum absolute atomic E-state index is 0.0108. The first-order chi connectivity index (χ1) is 7.81. The number of carbonyl (C=O) groups excluding carboxylic acids is 1. The molecular formula is C14H26O3. The third kappa shape index (κ3) is 3.21. The number of carbonyl (C=O) groups is 1. The minimum atomic E-state index is -0.123. The standard InChI is InChI=1S/C14H26O3/c1-7-9(2)12-10(13(15)16-6)8-11(17-12)14(3,4)5/h9-12H,7-8H2,1-6H3/t9?,10?,11-,12?/m1/s1. The van der Waals surface area contributed by atoms with E-state index in [2.05, 4.69) is 34.6 Å². The lowest BCUT2D eigenvalue weighted by atomic mass is 9.83. The van der Waals surface area contributed by atoms with Crippen LogP contribution in [0.25, 0.3) is 0 Å². The van der Waals surface area contributed by atoms with Crippen LogP contribution in [0.4, 0.5) is 0 Å². The van der Waals surface area contributed by atoms with Crippen LogP contribution in [0, 0.1) is 17.3 Å². The lowest BCUT2D eigenvalue weighted by Crippen LogP contribution is -2.31. The van der Waals surface area contributed by atoms with Crippen molar-refractivity contribution in [1.82, 2.24) is 0 Å². The van der Waals surface area contributed by atoms with Gasteiger partial charge in [-0.05, 0) is 17.8 Å². The van der Waals surface area contributed by atoms with E-state index in [0.29, 0.717) is 5.92 Å². The van der Waals surface area contributed by atoms with Gasteiger partial charge in [-0.3, -0.25) is 4.79 Å². The maximum absolute atomic E-state index is 11.8. The van der Waals surface area contributed by atoms with Crippen LogP contribution in [0.2, 0.25) is 0 Å². The van der Waals surface area contributed by atoms with E-state index in [0.717, 1.165) is 12.8 Å². The maximum atomic E-state index is 11.8. The molecule has 3 heteroatoms. The molecule has 1 aliphatic rings. The van der Waals surface area contributed by atoms with Gasteiger partial charge in [0, 0.05) is 0 Å². The first kappa shape index (κ1) is 14.5. The molecule has 1 rings (SSSR count). The molecular weight excluding hydrogens is 216 g/mol. The molecule has 0 spiro atoms. The Morgan fingerprint density at radius 1 is 1.47 bits per heavy atom. The van der Waals surface area contributed by atoms with Crippen molar-refractivity contribution >= 4 is 5.97 Å². The van der Waals surface area contributed by atoms with E-state index in [-0.39, 0.29) is 29.5 Å². The summed E-state index contributed by atoms with van der Waals surface area (Å²) in [6, 6.07) is 0. The summed E-state index contributed by atoms with van der Waals surface area (Å²) in [4.78, 5) is 11.8. The quantitative estimate of drug-likeness (QED) is 0.714. The van der Waals surface area contributed by atoms with Crippen molar-refractivity contribution in [2.24, 2.45) is 17.3 Å². The summed E-state index contributed by atoms with van der Waals surface area (Å²) in [6.07, 6.45) is 1.96. The zero-order valence-corrected chi connectivity index (χ0v) is 11.9. The molecule has 3 nitrogen and oxygen atoms in total.